The largest absolute Gasteiger partial charge is 0.464 e. The molecule has 0 radical (unpaired) electrons. The van der Waals surface area contributed by atoms with Gasteiger partial charge in [-0.15, -0.1) is 0 Å². The van der Waals surface area contributed by atoms with Crippen LogP contribution in [0.4, 0.5) is 0 Å². The number of ketones is 1. The number of ether oxygens (including phenoxy) is 1. The van der Waals surface area contributed by atoms with Gasteiger partial charge in [-0.3, -0.25) is 9.59 Å². The molecule has 4 heteroatoms. The molecule has 2 aromatic carbocycles. The summed E-state index contributed by atoms with van der Waals surface area (Å²) in [6.07, 6.45) is -0.184. The average Bonchev–Trinajstić information content (AvgIpc) is 2.87. The van der Waals surface area contributed by atoms with Crippen molar-refractivity contribution in [2.75, 3.05) is 20.2 Å². The number of fused-ring (bicyclic) bond motifs is 3. The molecule has 0 saturated carbocycles. The molecular weight excluding hydrogens is 290 g/mol. The molecule has 2 aromatic rings. The van der Waals surface area contributed by atoms with Crippen molar-refractivity contribution < 1.29 is 14.3 Å². The van der Waals surface area contributed by atoms with Crippen LogP contribution >= 0.6 is 0 Å². The lowest BCUT2D eigenvalue weighted by Gasteiger charge is -2.14. The first kappa shape index (κ1) is 15.4. The molecule has 118 valence electrons. The predicted molar refractivity (Wildman–Crippen MR) is 88.2 cm³/mol. The Morgan fingerprint density at radius 3 is 2.13 bits per heavy atom. The highest BCUT2D eigenvalue weighted by molar-refractivity contribution is 5.96. The first-order valence-electron chi connectivity index (χ1n) is 7.71. The van der Waals surface area contributed by atoms with Crippen LogP contribution < -0.4 is 5.32 Å². The van der Waals surface area contributed by atoms with E-state index in [0.29, 0.717) is 0 Å². The number of carbonyl (C=O) groups is 2. The van der Waals surface area contributed by atoms with Crippen LogP contribution in [0.2, 0.25) is 0 Å². The number of likely N-dealkylation sites (N-methyl/N-ethyl adjacent to an activating group) is 1. The van der Waals surface area contributed by atoms with Gasteiger partial charge in [0.15, 0.2) is 5.78 Å². The van der Waals surface area contributed by atoms with Crippen molar-refractivity contribution in [1.29, 1.82) is 0 Å². The number of hydrogen-bond acceptors (Lipinski definition) is 4. The fourth-order valence-electron chi connectivity index (χ4n) is 3.09. The molecule has 0 saturated heterocycles. The monoisotopic (exact) mass is 309 g/mol. The van der Waals surface area contributed by atoms with Gasteiger partial charge in [0.1, 0.15) is 13.0 Å². The molecule has 1 aliphatic carbocycles. The Bertz CT molecular complexity index is 693. The van der Waals surface area contributed by atoms with Gasteiger partial charge < -0.3 is 10.1 Å². The Labute approximate surface area is 135 Å². The lowest BCUT2D eigenvalue weighted by atomic mass is 9.98. The van der Waals surface area contributed by atoms with E-state index in [1.54, 1.807) is 7.05 Å². The normalized spacial score (nSPS) is 12.6. The first-order valence-corrected chi connectivity index (χ1v) is 7.71. The number of rotatable bonds is 6. The van der Waals surface area contributed by atoms with Crippen molar-refractivity contribution >= 4 is 11.8 Å². The summed E-state index contributed by atoms with van der Waals surface area (Å²) in [6.45, 7) is 0.448. The van der Waals surface area contributed by atoms with E-state index < -0.39 is 5.97 Å². The minimum absolute atomic E-state index is 0.0331. The van der Waals surface area contributed by atoms with Gasteiger partial charge in [-0.1, -0.05) is 48.5 Å². The molecule has 0 aliphatic heterocycles. The van der Waals surface area contributed by atoms with Gasteiger partial charge in [-0.2, -0.15) is 0 Å². The van der Waals surface area contributed by atoms with Gasteiger partial charge in [-0.05, 0) is 29.3 Å². The van der Waals surface area contributed by atoms with Crippen molar-refractivity contribution in [3.05, 3.63) is 59.7 Å². The maximum Gasteiger partial charge on any atom is 0.313 e. The van der Waals surface area contributed by atoms with Crippen LogP contribution in [0, 0.1) is 0 Å². The first-order chi connectivity index (χ1) is 11.2. The van der Waals surface area contributed by atoms with Crippen molar-refractivity contribution in [3.63, 3.8) is 0 Å². The van der Waals surface area contributed by atoms with E-state index in [9.17, 15) is 9.59 Å². The summed E-state index contributed by atoms with van der Waals surface area (Å²) in [5.74, 6) is -0.595. The third kappa shape index (κ3) is 3.17. The van der Waals surface area contributed by atoms with E-state index in [2.05, 4.69) is 29.6 Å². The summed E-state index contributed by atoms with van der Waals surface area (Å²) in [6, 6.07) is 16.3. The summed E-state index contributed by atoms with van der Waals surface area (Å²) in [5.41, 5.74) is 4.72. The zero-order valence-electron chi connectivity index (χ0n) is 13.0. The van der Waals surface area contributed by atoms with E-state index in [-0.39, 0.29) is 31.3 Å². The number of esters is 1. The van der Waals surface area contributed by atoms with Gasteiger partial charge in [0.05, 0.1) is 6.54 Å². The molecule has 0 atom stereocenters. The number of nitrogens with one attached hydrogen (secondary N) is 1. The maximum absolute atomic E-state index is 11.8. The topological polar surface area (TPSA) is 55.4 Å². The van der Waals surface area contributed by atoms with Crippen molar-refractivity contribution in [1.82, 2.24) is 5.32 Å². The number of hydrogen-bond donors (Lipinski definition) is 1. The zero-order chi connectivity index (χ0) is 16.2. The molecule has 0 heterocycles. The van der Waals surface area contributed by atoms with Crippen molar-refractivity contribution in [2.45, 2.75) is 12.3 Å². The Morgan fingerprint density at radius 1 is 1.00 bits per heavy atom. The minimum Gasteiger partial charge on any atom is -0.464 e. The quantitative estimate of drug-likeness (QED) is 0.658. The fourth-order valence-corrected chi connectivity index (χ4v) is 3.09. The molecule has 23 heavy (non-hydrogen) atoms. The van der Waals surface area contributed by atoms with Crippen molar-refractivity contribution in [2.24, 2.45) is 0 Å². The molecule has 3 rings (SSSR count). The van der Waals surface area contributed by atoms with Gasteiger partial charge >= 0.3 is 5.97 Å². The van der Waals surface area contributed by atoms with Crippen LogP contribution in [0.5, 0.6) is 0 Å². The van der Waals surface area contributed by atoms with Gasteiger partial charge in [0.2, 0.25) is 0 Å². The van der Waals surface area contributed by atoms with E-state index >= 15 is 0 Å². The maximum atomic E-state index is 11.8. The zero-order valence-corrected chi connectivity index (χ0v) is 13.0. The van der Waals surface area contributed by atoms with Crippen LogP contribution in [0.25, 0.3) is 11.1 Å². The number of Topliss-reactive ketones (excluding diaryl/α,β-unsaturated/α-hetero) is 1. The Balaban J connectivity index is 1.73. The van der Waals surface area contributed by atoms with Crippen LogP contribution in [-0.4, -0.2) is 32.0 Å². The van der Waals surface area contributed by atoms with Gasteiger partial charge in [0.25, 0.3) is 0 Å². The van der Waals surface area contributed by atoms with E-state index in [0.717, 1.165) is 0 Å². The smallest absolute Gasteiger partial charge is 0.313 e. The minimum atomic E-state index is -0.466. The molecule has 0 spiro atoms. The SMILES string of the molecule is CNCC(=O)CC(=O)OCC1c2ccccc2-c2ccccc21. The second-order valence-corrected chi connectivity index (χ2v) is 5.66. The fraction of sp³-hybridized carbons (Fsp3) is 0.263. The van der Waals surface area contributed by atoms with Gasteiger partial charge in [-0.25, -0.2) is 0 Å². The van der Waals surface area contributed by atoms with Crippen LogP contribution in [-0.2, 0) is 14.3 Å². The highest BCUT2D eigenvalue weighted by Gasteiger charge is 2.29. The lowest BCUT2D eigenvalue weighted by molar-refractivity contribution is -0.146. The highest BCUT2D eigenvalue weighted by atomic mass is 16.5. The highest BCUT2D eigenvalue weighted by Crippen LogP contribution is 2.44. The van der Waals surface area contributed by atoms with E-state index in [1.807, 2.05) is 24.3 Å². The molecule has 0 bridgehead atoms. The molecule has 4 nitrogen and oxygen atoms in total. The van der Waals surface area contributed by atoms with Gasteiger partial charge in [0, 0.05) is 5.92 Å². The summed E-state index contributed by atoms with van der Waals surface area (Å²) in [5, 5.41) is 2.74. The van der Waals surface area contributed by atoms with E-state index in [1.165, 1.54) is 22.3 Å². The molecule has 0 aromatic heterocycles. The van der Waals surface area contributed by atoms with Crippen LogP contribution in [0.3, 0.4) is 0 Å². The third-order valence-electron chi connectivity index (χ3n) is 4.09. The Kier molecular flexibility index (Phi) is 4.53. The number of carbonyl (C=O) groups excluding carboxylic acids is 2. The lowest BCUT2D eigenvalue weighted by Crippen LogP contribution is -2.23. The molecule has 0 unspecified atom stereocenters. The average molecular weight is 309 g/mol. The Hall–Kier alpha value is -2.46. The molecule has 0 amide bonds. The van der Waals surface area contributed by atoms with E-state index in [4.69, 9.17) is 4.74 Å². The predicted octanol–water partition coefficient (Wildman–Crippen LogP) is 2.52. The second-order valence-electron chi connectivity index (χ2n) is 5.66. The molecule has 1 aliphatic rings. The molecular formula is C19H19NO3. The third-order valence-corrected chi connectivity index (χ3v) is 4.09. The Morgan fingerprint density at radius 2 is 1.57 bits per heavy atom. The van der Waals surface area contributed by atoms with Crippen LogP contribution in [0.1, 0.15) is 23.5 Å². The molecule has 1 N–H and O–H groups in total. The number of benzene rings is 2. The van der Waals surface area contributed by atoms with Crippen LogP contribution in [0.15, 0.2) is 48.5 Å². The second kappa shape index (κ2) is 6.75. The summed E-state index contributed by atoms with van der Waals surface area (Å²) >= 11 is 0. The summed E-state index contributed by atoms with van der Waals surface area (Å²) in [4.78, 5) is 23.3. The molecule has 0 fully saturated rings. The summed E-state index contributed by atoms with van der Waals surface area (Å²) in [7, 11) is 1.68. The summed E-state index contributed by atoms with van der Waals surface area (Å²) < 4.78 is 5.37. The van der Waals surface area contributed by atoms with Crippen molar-refractivity contribution in [3.8, 4) is 11.1 Å². The standard InChI is InChI=1S/C19H19NO3/c1-20-11-13(21)10-19(22)23-12-18-16-8-4-2-6-14(16)15-7-3-5-9-17(15)18/h2-9,18,20H,10-12H2,1H3.